The number of aliphatic imine (C=N–C) groups is 1. The lowest BCUT2D eigenvalue weighted by molar-refractivity contribution is -0.146. The molecule has 0 atom stereocenters. The van der Waals surface area contributed by atoms with Gasteiger partial charge in [0.15, 0.2) is 5.96 Å². The van der Waals surface area contributed by atoms with E-state index < -0.39 is 0 Å². The van der Waals surface area contributed by atoms with Crippen molar-refractivity contribution in [3.05, 3.63) is 28.8 Å². The largest absolute Gasteiger partial charge is 0.493 e. The Kier molecular flexibility index (Phi) is 8.72. The van der Waals surface area contributed by atoms with Crippen molar-refractivity contribution in [2.24, 2.45) is 10.9 Å². The van der Waals surface area contributed by atoms with Gasteiger partial charge in [-0.25, -0.2) is 0 Å². The first-order valence-corrected chi connectivity index (χ1v) is 9.93. The molecule has 1 fully saturated rings. The molecule has 1 heterocycles. The lowest BCUT2D eigenvalue weighted by Gasteiger charge is -2.33. The topological polar surface area (TPSA) is 63.2 Å². The Labute approximate surface area is 166 Å². The summed E-state index contributed by atoms with van der Waals surface area (Å²) in [5, 5.41) is 4.06. The van der Waals surface area contributed by atoms with E-state index in [9.17, 15) is 4.79 Å². The quantitative estimate of drug-likeness (QED) is 0.332. The molecule has 0 saturated carbocycles. The number of ether oxygens (including phenoxy) is 2. The zero-order chi connectivity index (χ0) is 19.6. The Morgan fingerprint density at radius 2 is 2.11 bits per heavy atom. The monoisotopic (exact) mass is 395 g/mol. The summed E-state index contributed by atoms with van der Waals surface area (Å²) in [5.41, 5.74) is 1.04. The standard InChI is InChI=1S/C20H30ClN3O3/c1-4-22-20(24-11-8-16(9-12-24)19(25)26-3)23-10-5-13-27-18-7-6-17(21)14-15(18)2/h6-7,14,16H,4-5,8-13H2,1-3H3,(H,22,23). The molecule has 0 radical (unpaired) electrons. The predicted molar refractivity (Wildman–Crippen MR) is 109 cm³/mol. The molecule has 1 aliphatic rings. The minimum atomic E-state index is -0.105. The van der Waals surface area contributed by atoms with Crippen molar-refractivity contribution in [3.8, 4) is 5.75 Å². The van der Waals surface area contributed by atoms with Gasteiger partial charge < -0.3 is 19.7 Å². The number of hydrogen-bond donors (Lipinski definition) is 1. The van der Waals surface area contributed by atoms with Gasteiger partial charge in [0, 0.05) is 37.6 Å². The molecule has 1 saturated heterocycles. The van der Waals surface area contributed by atoms with Crippen LogP contribution < -0.4 is 10.1 Å². The number of methoxy groups -OCH3 is 1. The van der Waals surface area contributed by atoms with E-state index >= 15 is 0 Å². The number of aryl methyl sites for hydroxylation is 1. The molecule has 0 amide bonds. The fourth-order valence-corrected chi connectivity index (χ4v) is 3.35. The number of guanidine groups is 1. The van der Waals surface area contributed by atoms with Gasteiger partial charge in [0.05, 0.1) is 19.6 Å². The molecule has 1 aromatic carbocycles. The van der Waals surface area contributed by atoms with Crippen LogP contribution in [0.5, 0.6) is 5.75 Å². The van der Waals surface area contributed by atoms with Crippen LogP contribution in [0.1, 0.15) is 31.7 Å². The molecular formula is C20H30ClN3O3. The van der Waals surface area contributed by atoms with Crippen molar-refractivity contribution < 1.29 is 14.3 Å². The van der Waals surface area contributed by atoms with Gasteiger partial charge in [-0.15, -0.1) is 0 Å². The van der Waals surface area contributed by atoms with Crippen molar-refractivity contribution >= 4 is 23.5 Å². The van der Waals surface area contributed by atoms with Crippen LogP contribution in [-0.4, -0.2) is 56.7 Å². The van der Waals surface area contributed by atoms with E-state index in [1.54, 1.807) is 0 Å². The number of halogens is 1. The number of piperidine rings is 1. The third kappa shape index (κ3) is 6.61. The summed E-state index contributed by atoms with van der Waals surface area (Å²) < 4.78 is 10.7. The number of esters is 1. The van der Waals surface area contributed by atoms with Gasteiger partial charge in [-0.05, 0) is 50.5 Å². The van der Waals surface area contributed by atoms with Crippen LogP contribution in [0.4, 0.5) is 0 Å². The van der Waals surface area contributed by atoms with Gasteiger partial charge in [0.1, 0.15) is 5.75 Å². The number of rotatable bonds is 7. The zero-order valence-corrected chi connectivity index (χ0v) is 17.2. The minimum Gasteiger partial charge on any atom is -0.493 e. The van der Waals surface area contributed by atoms with Crippen molar-refractivity contribution in [2.75, 3.05) is 39.9 Å². The molecule has 0 unspecified atom stereocenters. The summed E-state index contributed by atoms with van der Waals surface area (Å²) in [6.45, 7) is 7.78. The van der Waals surface area contributed by atoms with Gasteiger partial charge >= 0.3 is 5.97 Å². The molecule has 150 valence electrons. The summed E-state index contributed by atoms with van der Waals surface area (Å²) in [6, 6.07) is 5.63. The highest BCUT2D eigenvalue weighted by Crippen LogP contribution is 2.22. The number of likely N-dealkylation sites (tertiary alicyclic amines) is 1. The molecular weight excluding hydrogens is 366 g/mol. The average Bonchev–Trinajstić information content (AvgIpc) is 2.68. The fraction of sp³-hybridized carbons (Fsp3) is 0.600. The molecule has 0 aliphatic carbocycles. The van der Waals surface area contributed by atoms with E-state index in [0.29, 0.717) is 13.2 Å². The number of benzene rings is 1. The number of carbonyl (C=O) groups is 1. The minimum absolute atomic E-state index is 0.00476. The van der Waals surface area contributed by atoms with Crippen LogP contribution >= 0.6 is 11.6 Å². The summed E-state index contributed by atoms with van der Waals surface area (Å²) >= 11 is 5.96. The zero-order valence-electron chi connectivity index (χ0n) is 16.5. The lowest BCUT2D eigenvalue weighted by Crippen LogP contribution is -2.46. The Hall–Kier alpha value is -1.95. The third-order valence-corrected chi connectivity index (χ3v) is 4.86. The van der Waals surface area contributed by atoms with Crippen LogP contribution in [0.3, 0.4) is 0 Å². The molecule has 1 N–H and O–H groups in total. The summed E-state index contributed by atoms with van der Waals surface area (Å²) in [5.74, 6) is 1.67. The van der Waals surface area contributed by atoms with Crippen molar-refractivity contribution in [3.63, 3.8) is 0 Å². The van der Waals surface area contributed by atoms with Crippen LogP contribution in [0.25, 0.3) is 0 Å². The van der Waals surface area contributed by atoms with Gasteiger partial charge in [-0.2, -0.15) is 0 Å². The van der Waals surface area contributed by atoms with E-state index in [0.717, 1.165) is 61.2 Å². The fourth-order valence-electron chi connectivity index (χ4n) is 3.13. The van der Waals surface area contributed by atoms with E-state index in [4.69, 9.17) is 26.1 Å². The normalized spacial score (nSPS) is 15.6. The summed E-state index contributed by atoms with van der Waals surface area (Å²) in [7, 11) is 1.45. The van der Waals surface area contributed by atoms with E-state index in [2.05, 4.69) is 17.1 Å². The Morgan fingerprint density at radius 1 is 1.37 bits per heavy atom. The highest BCUT2D eigenvalue weighted by molar-refractivity contribution is 6.30. The second kappa shape index (κ2) is 11.0. The number of nitrogens with one attached hydrogen (secondary N) is 1. The first-order chi connectivity index (χ1) is 13.0. The predicted octanol–water partition coefficient (Wildman–Crippen LogP) is 3.27. The first-order valence-electron chi connectivity index (χ1n) is 9.55. The van der Waals surface area contributed by atoms with Crippen LogP contribution in [-0.2, 0) is 9.53 Å². The van der Waals surface area contributed by atoms with Gasteiger partial charge in [-0.3, -0.25) is 9.79 Å². The van der Waals surface area contributed by atoms with E-state index in [1.807, 2.05) is 25.1 Å². The Morgan fingerprint density at radius 3 is 2.74 bits per heavy atom. The second-order valence-electron chi connectivity index (χ2n) is 6.63. The molecule has 0 spiro atoms. The third-order valence-electron chi connectivity index (χ3n) is 4.62. The smallest absolute Gasteiger partial charge is 0.308 e. The molecule has 7 heteroatoms. The highest BCUT2D eigenvalue weighted by Gasteiger charge is 2.26. The van der Waals surface area contributed by atoms with Gasteiger partial charge in [0.2, 0.25) is 0 Å². The van der Waals surface area contributed by atoms with Crippen molar-refractivity contribution in [2.45, 2.75) is 33.1 Å². The molecule has 1 aliphatic heterocycles. The molecule has 2 rings (SSSR count). The van der Waals surface area contributed by atoms with E-state index in [1.165, 1.54) is 7.11 Å². The van der Waals surface area contributed by atoms with Gasteiger partial charge in [-0.1, -0.05) is 11.6 Å². The van der Waals surface area contributed by atoms with Crippen LogP contribution in [0, 0.1) is 12.8 Å². The molecule has 6 nitrogen and oxygen atoms in total. The summed E-state index contributed by atoms with van der Waals surface area (Å²) in [4.78, 5) is 18.6. The number of carbonyl (C=O) groups excluding carboxylic acids is 1. The second-order valence-corrected chi connectivity index (χ2v) is 7.07. The van der Waals surface area contributed by atoms with Crippen LogP contribution in [0.2, 0.25) is 5.02 Å². The maximum atomic E-state index is 11.7. The Balaban J connectivity index is 1.79. The average molecular weight is 396 g/mol. The molecule has 0 bridgehead atoms. The van der Waals surface area contributed by atoms with Crippen molar-refractivity contribution in [1.82, 2.24) is 10.2 Å². The van der Waals surface area contributed by atoms with Crippen molar-refractivity contribution in [1.29, 1.82) is 0 Å². The SMILES string of the molecule is CCNC(=NCCCOc1ccc(Cl)cc1C)N1CCC(C(=O)OC)CC1. The Bertz CT molecular complexity index is 643. The van der Waals surface area contributed by atoms with Crippen LogP contribution in [0.15, 0.2) is 23.2 Å². The molecule has 1 aromatic rings. The highest BCUT2D eigenvalue weighted by atomic mass is 35.5. The van der Waals surface area contributed by atoms with E-state index in [-0.39, 0.29) is 11.9 Å². The maximum Gasteiger partial charge on any atom is 0.308 e. The molecule has 0 aromatic heterocycles. The maximum absolute atomic E-state index is 11.7. The lowest BCUT2D eigenvalue weighted by atomic mass is 9.97. The molecule has 27 heavy (non-hydrogen) atoms. The number of hydrogen-bond acceptors (Lipinski definition) is 4. The number of nitrogens with zero attached hydrogens (tertiary/aromatic N) is 2. The summed E-state index contributed by atoms with van der Waals surface area (Å²) in [6.07, 6.45) is 2.43. The first kappa shape index (κ1) is 21.4. The van der Waals surface area contributed by atoms with Gasteiger partial charge in [0.25, 0.3) is 0 Å².